The van der Waals surface area contributed by atoms with Gasteiger partial charge < -0.3 is 14.6 Å². The quantitative estimate of drug-likeness (QED) is 0.659. The summed E-state index contributed by atoms with van der Waals surface area (Å²) in [5, 5.41) is 0. The Morgan fingerprint density at radius 2 is 1.35 bits per heavy atom. The molecule has 0 saturated heterocycles. The second-order valence-corrected chi connectivity index (χ2v) is 17.8. The number of hydrogen-bond acceptors (Lipinski definition) is 3. The van der Waals surface area contributed by atoms with Crippen LogP contribution in [0.4, 0.5) is 0 Å². The third-order valence-corrected chi connectivity index (χ3v) is 22.5. The van der Waals surface area contributed by atoms with E-state index in [-0.39, 0.29) is 6.04 Å². The lowest BCUT2D eigenvalue weighted by molar-refractivity contribution is 0.257. The van der Waals surface area contributed by atoms with Crippen LogP contribution in [0.15, 0.2) is 0 Å². The molecule has 0 aromatic carbocycles. The molecular formula is C12H31NO2Si2. The van der Waals surface area contributed by atoms with Crippen LogP contribution in [-0.2, 0) is 8.85 Å². The Labute approximate surface area is 109 Å². The van der Waals surface area contributed by atoms with Crippen molar-refractivity contribution in [3.8, 4) is 0 Å². The fraction of sp³-hybridized carbons (Fsp3) is 1.00. The highest BCUT2D eigenvalue weighted by Gasteiger charge is 2.55. The summed E-state index contributed by atoms with van der Waals surface area (Å²) in [6.07, 6.45) is 1.00. The normalized spacial score (nSPS) is 15.0. The number of rotatable bonds is 9. The minimum atomic E-state index is -2.09. The summed E-state index contributed by atoms with van der Waals surface area (Å²) in [5.74, 6) is 0. The van der Waals surface area contributed by atoms with E-state index in [0.717, 1.165) is 12.5 Å². The van der Waals surface area contributed by atoms with Crippen molar-refractivity contribution in [1.29, 1.82) is 0 Å². The Morgan fingerprint density at radius 3 is 1.59 bits per heavy atom. The third-order valence-electron chi connectivity index (χ3n) is 4.55. The average Bonchev–Trinajstić information content (AvgIpc) is 2.39. The van der Waals surface area contributed by atoms with Crippen LogP contribution in [0.1, 0.15) is 34.1 Å². The van der Waals surface area contributed by atoms with Crippen molar-refractivity contribution >= 4 is 15.7 Å². The third kappa shape index (κ3) is 3.41. The van der Waals surface area contributed by atoms with E-state index in [1.54, 1.807) is 0 Å². The fourth-order valence-corrected chi connectivity index (χ4v) is 18.4. The van der Waals surface area contributed by atoms with Crippen LogP contribution in [0.25, 0.3) is 0 Å². The number of nitrogens with two attached hydrogens (primary N) is 1. The van der Waals surface area contributed by atoms with E-state index in [1.165, 1.54) is 18.1 Å². The zero-order valence-electron chi connectivity index (χ0n) is 12.5. The first-order valence-corrected chi connectivity index (χ1v) is 12.5. The van der Waals surface area contributed by atoms with Gasteiger partial charge in [-0.25, -0.2) is 0 Å². The van der Waals surface area contributed by atoms with Gasteiger partial charge in [-0.15, -0.1) is 0 Å². The van der Waals surface area contributed by atoms with Gasteiger partial charge in [0.1, 0.15) is 7.59 Å². The van der Waals surface area contributed by atoms with Crippen LogP contribution in [0.2, 0.25) is 24.2 Å². The van der Waals surface area contributed by atoms with Gasteiger partial charge in [0.25, 0.3) is 0 Å². The molecule has 3 nitrogen and oxygen atoms in total. The summed E-state index contributed by atoms with van der Waals surface area (Å²) in [6, 6.07) is 4.90. The van der Waals surface area contributed by atoms with Gasteiger partial charge in [0.05, 0.1) is 0 Å². The monoisotopic (exact) mass is 277 g/mol. The van der Waals surface area contributed by atoms with E-state index >= 15 is 0 Å². The van der Waals surface area contributed by atoms with E-state index in [9.17, 15) is 0 Å². The molecule has 0 aliphatic heterocycles. The highest BCUT2D eigenvalue weighted by atomic mass is 29.3. The van der Waals surface area contributed by atoms with Crippen LogP contribution < -0.4 is 5.73 Å². The van der Waals surface area contributed by atoms with Crippen molar-refractivity contribution in [2.45, 2.75) is 64.3 Å². The lowest BCUT2D eigenvalue weighted by Crippen LogP contribution is -2.66. The van der Waals surface area contributed by atoms with Crippen LogP contribution in [0, 0.1) is 0 Å². The highest BCUT2D eigenvalue weighted by Crippen LogP contribution is 2.35. The first kappa shape index (κ1) is 17.3. The molecule has 5 heteroatoms. The van der Waals surface area contributed by atoms with Crippen molar-refractivity contribution in [3.05, 3.63) is 0 Å². The molecule has 0 bridgehead atoms. The molecule has 0 spiro atoms. The first-order valence-electron chi connectivity index (χ1n) is 6.87. The minimum Gasteiger partial charge on any atom is -0.400 e. The Balaban J connectivity index is 5.26. The zero-order chi connectivity index (χ0) is 13.5. The molecule has 17 heavy (non-hydrogen) atoms. The molecule has 1 atom stereocenters. The molecule has 0 rings (SSSR count). The smallest absolute Gasteiger partial charge is 0.317 e. The number of hydrogen-bond donors (Lipinski definition) is 1. The molecule has 2 N–H and O–H groups in total. The van der Waals surface area contributed by atoms with Gasteiger partial charge in [0.15, 0.2) is 0 Å². The maximum absolute atomic E-state index is 6.17. The van der Waals surface area contributed by atoms with Crippen molar-refractivity contribution in [1.82, 2.24) is 0 Å². The lowest BCUT2D eigenvalue weighted by Gasteiger charge is -2.44. The second kappa shape index (κ2) is 7.68. The van der Waals surface area contributed by atoms with E-state index in [4.69, 9.17) is 14.6 Å². The van der Waals surface area contributed by atoms with Crippen LogP contribution in [0.5, 0.6) is 0 Å². The molecule has 0 saturated carbocycles. The summed E-state index contributed by atoms with van der Waals surface area (Å²) in [6.45, 7) is 9.05. The maximum Gasteiger partial charge on any atom is 0.317 e. The van der Waals surface area contributed by atoms with Gasteiger partial charge in [-0.2, -0.15) is 0 Å². The summed E-state index contributed by atoms with van der Waals surface area (Å²) in [7, 11) is 0.113. The van der Waals surface area contributed by atoms with Crippen molar-refractivity contribution in [2.75, 3.05) is 14.2 Å². The lowest BCUT2D eigenvalue weighted by atomic mass is 10.3. The molecule has 0 heterocycles. The molecule has 0 aromatic rings. The average molecular weight is 278 g/mol. The Hall–Kier alpha value is 0.314. The van der Waals surface area contributed by atoms with Crippen molar-refractivity contribution in [2.24, 2.45) is 5.73 Å². The van der Waals surface area contributed by atoms with Crippen LogP contribution in [0.3, 0.4) is 0 Å². The largest absolute Gasteiger partial charge is 0.400 e. The van der Waals surface area contributed by atoms with Gasteiger partial charge in [0.2, 0.25) is 0 Å². The predicted molar refractivity (Wildman–Crippen MR) is 80.0 cm³/mol. The van der Waals surface area contributed by atoms with Crippen LogP contribution in [-0.4, -0.2) is 35.9 Å². The van der Waals surface area contributed by atoms with Gasteiger partial charge in [-0.05, 0) is 6.42 Å². The van der Waals surface area contributed by atoms with E-state index in [0.29, 0.717) is 0 Å². The second-order valence-electron chi connectivity index (χ2n) is 4.87. The molecule has 0 aliphatic carbocycles. The Morgan fingerprint density at radius 1 is 0.941 bits per heavy atom. The first-order chi connectivity index (χ1) is 8.01. The zero-order valence-corrected chi connectivity index (χ0v) is 14.5. The molecule has 0 amide bonds. The summed E-state index contributed by atoms with van der Waals surface area (Å²) in [4.78, 5) is 0. The summed E-state index contributed by atoms with van der Waals surface area (Å²) >= 11 is 0. The predicted octanol–water partition coefficient (Wildman–Crippen LogP) is 3.05. The molecule has 104 valence electrons. The molecule has 0 fully saturated rings. The maximum atomic E-state index is 6.17. The van der Waals surface area contributed by atoms with E-state index in [1.807, 2.05) is 14.2 Å². The Bertz CT molecular complexity index is 198. The molecule has 0 aliphatic rings. The fourth-order valence-electron chi connectivity index (χ4n) is 2.95. The van der Waals surface area contributed by atoms with Gasteiger partial charge in [-0.3, -0.25) is 0 Å². The molecule has 1 unspecified atom stereocenters. The molecule has 0 aromatic heterocycles. The van der Waals surface area contributed by atoms with E-state index < -0.39 is 15.7 Å². The molecule has 0 radical (unpaired) electrons. The topological polar surface area (TPSA) is 44.5 Å². The SMILES string of the molecule is CCC(N)C[Si](OC)(OC)[Si](CC)(CC)CC. The Kier molecular flexibility index (Phi) is 7.83. The van der Waals surface area contributed by atoms with Crippen LogP contribution >= 0.6 is 0 Å². The standard InChI is InChI=1S/C12H31NO2Si2/c1-7-12(13)11-17(14-5,15-6)16(8-2,9-3)10-4/h12H,7-11,13H2,1-6H3. The summed E-state index contributed by atoms with van der Waals surface area (Å²) in [5.41, 5.74) is 6.17. The molecular weight excluding hydrogens is 246 g/mol. The van der Waals surface area contributed by atoms with Crippen molar-refractivity contribution < 1.29 is 8.85 Å². The minimum absolute atomic E-state index is 0.220. The van der Waals surface area contributed by atoms with Gasteiger partial charge >= 0.3 is 8.08 Å². The van der Waals surface area contributed by atoms with Gasteiger partial charge in [0, 0.05) is 26.3 Å². The van der Waals surface area contributed by atoms with E-state index in [2.05, 4.69) is 27.7 Å². The highest BCUT2D eigenvalue weighted by molar-refractivity contribution is 7.37. The van der Waals surface area contributed by atoms with Crippen molar-refractivity contribution in [3.63, 3.8) is 0 Å². The summed E-state index contributed by atoms with van der Waals surface area (Å²) < 4.78 is 12.0. The van der Waals surface area contributed by atoms with Gasteiger partial charge in [-0.1, -0.05) is 45.8 Å².